The van der Waals surface area contributed by atoms with E-state index in [-0.39, 0.29) is 6.42 Å². The lowest BCUT2D eigenvalue weighted by Crippen LogP contribution is -2.41. The molecule has 1 aliphatic heterocycles. The molecular weight excluding hydrogens is 275 g/mol. The molecule has 0 radical (unpaired) electrons. The fraction of sp³-hybridized carbons (Fsp3) is 0.600. The lowest BCUT2D eigenvalue weighted by atomic mass is 9.99. The van der Waals surface area contributed by atoms with Gasteiger partial charge in [-0.3, -0.25) is 14.3 Å². The van der Waals surface area contributed by atoms with Crippen LogP contribution >= 0.6 is 0 Å². The standard InChI is InChI=1S/C10H15FN2O5Si/c1-9(18-19)4-10(11,5-14)17-7(9)13-3-2-6(15)12-8(13)16/h2-3,7,14H,4-5H2,1,19H3,(H,12,15,16)/t7-,9-,10+/m1/s1. The van der Waals surface area contributed by atoms with E-state index >= 15 is 0 Å². The molecule has 3 atom stereocenters. The minimum absolute atomic E-state index is 0.198. The van der Waals surface area contributed by atoms with Crippen molar-refractivity contribution in [3.05, 3.63) is 33.1 Å². The average molecular weight is 290 g/mol. The zero-order chi connectivity index (χ0) is 14.3. The molecule has 1 aromatic rings. The Morgan fingerprint density at radius 2 is 2.42 bits per heavy atom. The summed E-state index contributed by atoms with van der Waals surface area (Å²) in [4.78, 5) is 24.8. The number of hydrogen-bond donors (Lipinski definition) is 2. The fourth-order valence-electron chi connectivity index (χ4n) is 2.21. The van der Waals surface area contributed by atoms with Crippen LogP contribution in [0.15, 0.2) is 21.9 Å². The van der Waals surface area contributed by atoms with Gasteiger partial charge in [0.05, 0.1) is 0 Å². The van der Waals surface area contributed by atoms with Gasteiger partial charge in [-0.2, -0.15) is 0 Å². The van der Waals surface area contributed by atoms with E-state index in [1.807, 2.05) is 0 Å². The summed E-state index contributed by atoms with van der Waals surface area (Å²) in [5.74, 6) is -2.26. The molecule has 1 fully saturated rings. The van der Waals surface area contributed by atoms with Crippen LogP contribution in [0, 0.1) is 0 Å². The molecule has 0 saturated carbocycles. The van der Waals surface area contributed by atoms with Crippen molar-refractivity contribution in [2.75, 3.05) is 6.61 Å². The van der Waals surface area contributed by atoms with Crippen molar-refractivity contribution >= 4 is 10.5 Å². The van der Waals surface area contributed by atoms with Crippen LogP contribution < -0.4 is 11.2 Å². The summed E-state index contributed by atoms with van der Waals surface area (Å²) in [5.41, 5.74) is -2.35. The normalized spacial score (nSPS) is 34.8. The molecule has 1 aliphatic rings. The number of aliphatic hydroxyl groups is 1. The largest absolute Gasteiger partial charge is 0.418 e. The molecule has 1 saturated heterocycles. The number of ether oxygens (including phenoxy) is 1. The molecule has 2 N–H and O–H groups in total. The summed E-state index contributed by atoms with van der Waals surface area (Å²) in [7, 11) is 0.308. The summed E-state index contributed by atoms with van der Waals surface area (Å²) in [6.45, 7) is 0.765. The third-order valence-corrected chi connectivity index (χ3v) is 4.20. The van der Waals surface area contributed by atoms with Crippen molar-refractivity contribution < 1.29 is 18.7 Å². The van der Waals surface area contributed by atoms with Crippen molar-refractivity contribution in [1.29, 1.82) is 0 Å². The van der Waals surface area contributed by atoms with E-state index in [9.17, 15) is 14.0 Å². The van der Waals surface area contributed by atoms with Gasteiger partial charge in [0, 0.05) is 18.7 Å². The van der Waals surface area contributed by atoms with E-state index in [0.29, 0.717) is 10.5 Å². The van der Waals surface area contributed by atoms with Crippen LogP contribution in [0.4, 0.5) is 4.39 Å². The molecule has 7 nitrogen and oxygen atoms in total. The van der Waals surface area contributed by atoms with Gasteiger partial charge in [0.1, 0.15) is 22.7 Å². The van der Waals surface area contributed by atoms with Gasteiger partial charge < -0.3 is 14.3 Å². The molecule has 0 unspecified atom stereocenters. The molecule has 0 aromatic carbocycles. The van der Waals surface area contributed by atoms with Gasteiger partial charge >= 0.3 is 5.69 Å². The van der Waals surface area contributed by atoms with Gasteiger partial charge in [-0.15, -0.1) is 0 Å². The average Bonchev–Trinajstić information content (AvgIpc) is 2.63. The first kappa shape index (κ1) is 14.1. The number of rotatable bonds is 3. The summed E-state index contributed by atoms with van der Waals surface area (Å²) in [6.07, 6.45) is -0.0317. The van der Waals surface area contributed by atoms with Gasteiger partial charge in [-0.1, -0.05) is 0 Å². The quantitative estimate of drug-likeness (QED) is 0.639. The summed E-state index contributed by atoms with van der Waals surface area (Å²) >= 11 is 0. The highest BCUT2D eigenvalue weighted by atomic mass is 28.2. The third-order valence-electron chi connectivity index (χ3n) is 3.27. The van der Waals surface area contributed by atoms with Gasteiger partial charge in [0.25, 0.3) is 5.56 Å². The number of aromatic amines is 1. The number of nitrogens with zero attached hydrogens (tertiary/aromatic N) is 1. The Balaban J connectivity index is 2.48. The van der Waals surface area contributed by atoms with Crippen molar-refractivity contribution in [3.63, 3.8) is 0 Å². The smallest absolute Gasteiger partial charge is 0.330 e. The second-order valence-corrected chi connectivity index (χ2v) is 5.13. The Labute approximate surface area is 110 Å². The second-order valence-electron chi connectivity index (χ2n) is 4.72. The van der Waals surface area contributed by atoms with Crippen molar-refractivity contribution in [2.45, 2.75) is 31.0 Å². The second kappa shape index (κ2) is 4.67. The van der Waals surface area contributed by atoms with Crippen LogP contribution in [0.3, 0.4) is 0 Å². The van der Waals surface area contributed by atoms with Crippen LogP contribution in [0.1, 0.15) is 19.6 Å². The van der Waals surface area contributed by atoms with Crippen LogP contribution in [-0.2, 0) is 9.16 Å². The summed E-state index contributed by atoms with van der Waals surface area (Å²) in [5, 5.41) is 9.04. The number of nitrogens with one attached hydrogen (secondary N) is 1. The highest BCUT2D eigenvalue weighted by molar-refractivity contribution is 5.98. The van der Waals surface area contributed by atoms with Gasteiger partial charge in [-0.05, 0) is 6.92 Å². The Kier molecular flexibility index (Phi) is 3.47. The maximum atomic E-state index is 14.1. The Morgan fingerprint density at radius 1 is 1.74 bits per heavy atom. The monoisotopic (exact) mass is 290 g/mol. The molecular formula is C10H15FN2O5Si. The van der Waals surface area contributed by atoms with Gasteiger partial charge in [0.2, 0.25) is 5.85 Å². The van der Waals surface area contributed by atoms with Crippen molar-refractivity contribution in [1.82, 2.24) is 9.55 Å². The Morgan fingerprint density at radius 3 is 2.95 bits per heavy atom. The van der Waals surface area contributed by atoms with Gasteiger partial charge in [0.15, 0.2) is 6.23 Å². The highest BCUT2D eigenvalue weighted by Crippen LogP contribution is 2.45. The first-order chi connectivity index (χ1) is 8.83. The highest BCUT2D eigenvalue weighted by Gasteiger charge is 2.55. The molecule has 2 heterocycles. The Bertz CT molecular complexity index is 590. The van der Waals surface area contributed by atoms with E-state index in [1.165, 1.54) is 6.20 Å². The predicted octanol–water partition coefficient (Wildman–Crippen LogP) is -1.83. The maximum absolute atomic E-state index is 14.1. The number of aromatic nitrogens is 2. The van der Waals surface area contributed by atoms with E-state index in [1.54, 1.807) is 6.92 Å². The zero-order valence-corrected chi connectivity index (χ0v) is 12.6. The van der Waals surface area contributed by atoms with E-state index in [2.05, 4.69) is 4.98 Å². The molecule has 0 aliphatic carbocycles. The van der Waals surface area contributed by atoms with E-state index < -0.39 is 35.5 Å². The summed E-state index contributed by atoms with van der Waals surface area (Å²) in [6, 6.07) is 1.13. The van der Waals surface area contributed by atoms with Gasteiger partial charge in [-0.25, -0.2) is 9.18 Å². The van der Waals surface area contributed by atoms with E-state index in [0.717, 1.165) is 10.6 Å². The zero-order valence-electron chi connectivity index (χ0n) is 10.6. The molecule has 0 bridgehead atoms. The molecule has 2 rings (SSSR count). The summed E-state index contributed by atoms with van der Waals surface area (Å²) < 4.78 is 25.7. The number of hydrogen-bond acceptors (Lipinski definition) is 5. The minimum Gasteiger partial charge on any atom is -0.418 e. The lowest BCUT2D eigenvalue weighted by Gasteiger charge is -2.29. The van der Waals surface area contributed by atoms with Crippen LogP contribution in [-0.4, -0.2) is 43.2 Å². The minimum atomic E-state index is -2.26. The lowest BCUT2D eigenvalue weighted by molar-refractivity contribution is -0.184. The molecule has 19 heavy (non-hydrogen) atoms. The third kappa shape index (κ3) is 2.41. The fourth-order valence-corrected chi connectivity index (χ4v) is 2.55. The SMILES string of the molecule is C[C@@]1(O[SiH3])C[C@@](F)(CO)O[C@H]1n1ccc(=O)[nH]c1=O. The van der Waals surface area contributed by atoms with Crippen molar-refractivity contribution in [2.24, 2.45) is 0 Å². The molecule has 0 spiro atoms. The van der Waals surface area contributed by atoms with Crippen LogP contribution in [0.2, 0.25) is 0 Å². The van der Waals surface area contributed by atoms with E-state index in [4.69, 9.17) is 14.3 Å². The molecule has 0 amide bonds. The molecule has 9 heteroatoms. The number of H-pyrrole nitrogens is 1. The van der Waals surface area contributed by atoms with Crippen LogP contribution in [0.5, 0.6) is 0 Å². The predicted molar refractivity (Wildman–Crippen MR) is 66.4 cm³/mol. The molecule has 106 valence electrons. The number of alkyl halides is 1. The Hall–Kier alpha value is -1.29. The first-order valence-electron chi connectivity index (χ1n) is 5.68. The van der Waals surface area contributed by atoms with Crippen LogP contribution in [0.25, 0.3) is 0 Å². The first-order valence-corrected chi connectivity index (χ1v) is 6.49. The van der Waals surface area contributed by atoms with Crippen molar-refractivity contribution in [3.8, 4) is 0 Å². The number of aliphatic hydroxyl groups excluding tert-OH is 1. The topological polar surface area (TPSA) is 93.5 Å². The molecule has 1 aromatic heterocycles. The maximum Gasteiger partial charge on any atom is 0.330 e. The number of halogens is 1.